The monoisotopic (exact) mass is 908 g/mol. The molecule has 5 heteroatoms. The normalized spacial score (nSPS) is 12.2. The van der Waals surface area contributed by atoms with E-state index in [1.807, 2.05) is 169 Å². The van der Waals surface area contributed by atoms with E-state index in [9.17, 15) is 0 Å². The van der Waals surface area contributed by atoms with E-state index >= 15 is 4.57 Å². The van der Waals surface area contributed by atoms with E-state index in [2.05, 4.69) is 109 Å². The number of hydrogen-bond donors (Lipinski definition) is 0. The summed E-state index contributed by atoms with van der Waals surface area (Å²) in [6.07, 6.45) is 0. The van der Waals surface area contributed by atoms with Crippen LogP contribution in [0.25, 0.3) is 66.8 Å². The quantitative estimate of drug-likeness (QED) is 0.0962. The molecule has 0 saturated heterocycles. The maximum Gasteiger partial charge on any atom is 0.477 e. The number of benzene rings is 9. The van der Waals surface area contributed by atoms with Crippen LogP contribution in [-0.4, -0.2) is 0 Å². The van der Waals surface area contributed by atoms with Gasteiger partial charge in [0.15, 0.2) is 0 Å². The highest BCUT2D eigenvalue weighted by Gasteiger charge is 2.47. The van der Waals surface area contributed by atoms with Crippen molar-refractivity contribution in [1.82, 2.24) is 0 Å². The summed E-state index contributed by atoms with van der Waals surface area (Å²) >= 11 is 0. The van der Waals surface area contributed by atoms with Crippen LogP contribution >= 0.6 is 7.82 Å². The first-order chi connectivity index (χ1) is 32.8. The van der Waals surface area contributed by atoms with Crippen LogP contribution in [0.5, 0.6) is 0 Å². The van der Waals surface area contributed by atoms with Crippen molar-refractivity contribution >= 4 is 7.82 Å². The van der Waals surface area contributed by atoms with Gasteiger partial charge in [-0.1, -0.05) is 237 Å². The third-order valence-corrected chi connectivity index (χ3v) is 14.6. The molecule has 0 N–H and O–H groups in total. The average molecular weight is 909 g/mol. The lowest BCUT2D eigenvalue weighted by molar-refractivity contribution is -0.0459. The van der Waals surface area contributed by atoms with Crippen LogP contribution in [0.4, 0.5) is 0 Å². The Labute approximate surface area is 402 Å². The average Bonchev–Trinajstić information content (AvgIpc) is 3.36. The smallest absolute Gasteiger partial charge is 0.276 e. The largest absolute Gasteiger partial charge is 0.477 e. The molecule has 9 rings (SSSR count). The molecule has 0 saturated carbocycles. The van der Waals surface area contributed by atoms with Crippen molar-refractivity contribution in [2.24, 2.45) is 0 Å². The van der Waals surface area contributed by atoms with Gasteiger partial charge in [-0.3, -0.25) is 13.6 Å². The van der Waals surface area contributed by atoms with Crippen LogP contribution in [0.15, 0.2) is 237 Å². The fourth-order valence-corrected chi connectivity index (χ4v) is 11.6. The van der Waals surface area contributed by atoms with E-state index in [0.717, 1.165) is 83.5 Å². The Kier molecular flexibility index (Phi) is 13.2. The first-order valence-corrected chi connectivity index (χ1v) is 24.7. The molecule has 0 fully saturated rings. The second-order valence-electron chi connectivity index (χ2n) is 18.6. The minimum atomic E-state index is -4.68. The third-order valence-electron chi connectivity index (χ3n) is 12.6. The molecule has 4 nitrogen and oxygen atoms in total. The summed E-state index contributed by atoms with van der Waals surface area (Å²) in [5.74, 6) is 0. The SMILES string of the molecule is CC(C)(OP(=O)(OC(C)(C)c1cccc(-c2ccccc2)c1-c1ccccc1)OC(C)(C)c1cccc(-c2ccccc2)c1-c1ccccc1)c1cccc(-c2ccccc2)c1-c1ccccc1. The van der Waals surface area contributed by atoms with E-state index in [4.69, 9.17) is 13.6 Å². The van der Waals surface area contributed by atoms with Crippen LogP contribution in [0.2, 0.25) is 0 Å². The summed E-state index contributed by atoms with van der Waals surface area (Å²) < 4.78 is 38.4. The minimum Gasteiger partial charge on any atom is -0.276 e. The van der Waals surface area contributed by atoms with Gasteiger partial charge in [-0.25, -0.2) is 4.57 Å². The van der Waals surface area contributed by atoms with Crippen LogP contribution < -0.4 is 0 Å². The van der Waals surface area contributed by atoms with Crippen LogP contribution in [-0.2, 0) is 34.9 Å². The first kappa shape index (κ1) is 46.2. The summed E-state index contributed by atoms with van der Waals surface area (Å²) in [5.41, 5.74) is 11.0. The Morgan fingerprint density at radius 2 is 0.471 bits per heavy atom. The van der Waals surface area contributed by atoms with Gasteiger partial charge < -0.3 is 0 Å². The van der Waals surface area contributed by atoms with Crippen molar-refractivity contribution in [2.75, 3.05) is 0 Å². The molecule has 0 radical (unpaired) electrons. The molecule has 338 valence electrons. The van der Waals surface area contributed by atoms with Gasteiger partial charge in [0.1, 0.15) is 16.8 Å². The Bertz CT molecular complexity index is 2820. The van der Waals surface area contributed by atoms with Crippen LogP contribution in [0.3, 0.4) is 0 Å². The fourth-order valence-electron chi connectivity index (χ4n) is 9.53. The molecular formula is C63H57O4P. The van der Waals surface area contributed by atoms with Gasteiger partial charge in [0, 0.05) is 0 Å². The molecule has 0 aliphatic carbocycles. The summed E-state index contributed by atoms with van der Waals surface area (Å²) in [6.45, 7) is 11.7. The van der Waals surface area contributed by atoms with E-state index < -0.39 is 24.6 Å². The Morgan fingerprint density at radius 1 is 0.265 bits per heavy atom. The highest BCUT2D eigenvalue weighted by atomic mass is 31.2. The van der Waals surface area contributed by atoms with Crippen molar-refractivity contribution in [3.63, 3.8) is 0 Å². The zero-order valence-electron chi connectivity index (χ0n) is 39.6. The first-order valence-electron chi connectivity index (χ1n) is 23.3. The van der Waals surface area contributed by atoms with Crippen molar-refractivity contribution < 1.29 is 18.1 Å². The van der Waals surface area contributed by atoms with Gasteiger partial charge in [0.25, 0.3) is 0 Å². The fraction of sp³-hybridized carbons (Fsp3) is 0.143. The molecule has 0 aliphatic heterocycles. The van der Waals surface area contributed by atoms with Gasteiger partial charge in [-0.15, -0.1) is 0 Å². The lowest BCUT2D eigenvalue weighted by Crippen LogP contribution is -2.31. The maximum absolute atomic E-state index is 16.7. The molecule has 0 amide bonds. The molecular weight excluding hydrogens is 852 g/mol. The summed E-state index contributed by atoms with van der Waals surface area (Å²) in [7, 11) is -4.68. The minimum absolute atomic E-state index is 0.834. The Morgan fingerprint density at radius 3 is 0.691 bits per heavy atom. The predicted molar refractivity (Wildman–Crippen MR) is 282 cm³/mol. The summed E-state index contributed by atoms with van der Waals surface area (Å²) in [6, 6.07) is 80.7. The molecule has 0 spiro atoms. The van der Waals surface area contributed by atoms with E-state index in [1.165, 1.54) is 0 Å². The van der Waals surface area contributed by atoms with E-state index in [1.54, 1.807) is 0 Å². The standard InChI is InChI=1S/C63H57O4P/c1-61(2,55-43-25-40-52(46-28-13-7-14-29-46)58(55)49-34-19-10-20-35-49)65-68(64,66-62(3,4)56-44-26-41-53(47-30-15-8-16-31-47)59(56)50-36-21-11-22-37-50)67-63(5,6)57-45-27-42-54(48-32-17-9-18-33-48)60(57)51-38-23-12-24-39-51/h7-45H,1-6H3. The zero-order valence-corrected chi connectivity index (χ0v) is 40.5. The topological polar surface area (TPSA) is 44.8 Å². The molecule has 9 aromatic rings. The van der Waals surface area contributed by atoms with Gasteiger partial charge >= 0.3 is 7.82 Å². The molecule has 0 heterocycles. The van der Waals surface area contributed by atoms with Crippen molar-refractivity contribution in [3.8, 4) is 66.8 Å². The predicted octanol–water partition coefficient (Wildman–Crippen LogP) is 18.0. The van der Waals surface area contributed by atoms with Crippen molar-refractivity contribution in [3.05, 3.63) is 253 Å². The van der Waals surface area contributed by atoms with Crippen molar-refractivity contribution in [2.45, 2.75) is 58.3 Å². The molecule has 0 aliphatic rings. The van der Waals surface area contributed by atoms with E-state index in [-0.39, 0.29) is 0 Å². The zero-order chi connectivity index (χ0) is 47.4. The third kappa shape index (κ3) is 9.74. The Hall–Kier alpha value is -6.91. The van der Waals surface area contributed by atoms with Crippen LogP contribution in [0.1, 0.15) is 58.2 Å². The van der Waals surface area contributed by atoms with Gasteiger partial charge in [0.2, 0.25) is 0 Å². The maximum atomic E-state index is 16.7. The molecule has 68 heavy (non-hydrogen) atoms. The number of rotatable bonds is 15. The molecule has 0 bridgehead atoms. The number of phosphoric acid groups is 1. The van der Waals surface area contributed by atoms with Crippen molar-refractivity contribution in [1.29, 1.82) is 0 Å². The molecule has 0 aromatic heterocycles. The second kappa shape index (κ2) is 19.4. The van der Waals surface area contributed by atoms with Gasteiger partial charge in [-0.05, 0) is 125 Å². The highest BCUT2D eigenvalue weighted by molar-refractivity contribution is 7.48. The highest BCUT2D eigenvalue weighted by Crippen LogP contribution is 2.64. The second-order valence-corrected chi connectivity index (χ2v) is 20.1. The lowest BCUT2D eigenvalue weighted by Gasteiger charge is -2.40. The number of hydrogen-bond acceptors (Lipinski definition) is 4. The Balaban J connectivity index is 1.23. The molecule has 0 atom stereocenters. The van der Waals surface area contributed by atoms with E-state index in [0.29, 0.717) is 0 Å². The van der Waals surface area contributed by atoms with Gasteiger partial charge in [0.05, 0.1) is 0 Å². The molecule has 0 unspecified atom stereocenters. The summed E-state index contributed by atoms with van der Waals surface area (Å²) in [5, 5.41) is 0. The van der Waals surface area contributed by atoms with Crippen LogP contribution in [0, 0.1) is 0 Å². The lowest BCUT2D eigenvalue weighted by atomic mass is 9.84. The molecule has 9 aromatic carbocycles. The number of phosphoric ester groups is 1. The summed E-state index contributed by atoms with van der Waals surface area (Å²) in [4.78, 5) is 0. The van der Waals surface area contributed by atoms with Gasteiger partial charge in [-0.2, -0.15) is 0 Å².